The number of fused-ring (bicyclic) bond motifs is 1. The number of nitrogens with zero attached hydrogens (tertiary/aromatic N) is 4. The highest BCUT2D eigenvalue weighted by Gasteiger charge is 2.44. The van der Waals surface area contributed by atoms with Gasteiger partial charge in [0.2, 0.25) is 0 Å². The summed E-state index contributed by atoms with van der Waals surface area (Å²) in [5.74, 6) is 0.618. The number of ether oxygens (including phenoxy) is 1. The summed E-state index contributed by atoms with van der Waals surface area (Å²) >= 11 is 0. The molecule has 1 amide bonds. The molecule has 2 fully saturated rings. The average molecular weight is 478 g/mol. The van der Waals surface area contributed by atoms with E-state index in [0.717, 1.165) is 42.5 Å². The summed E-state index contributed by atoms with van der Waals surface area (Å²) in [5.41, 5.74) is 11.0. The monoisotopic (exact) mass is 477 g/mol. The van der Waals surface area contributed by atoms with Crippen LogP contribution in [0.1, 0.15) is 52.1 Å². The summed E-state index contributed by atoms with van der Waals surface area (Å²) in [4.78, 5) is 19.8. The van der Waals surface area contributed by atoms with E-state index in [1.54, 1.807) is 12.3 Å². The number of benzene rings is 1. The lowest BCUT2D eigenvalue weighted by molar-refractivity contribution is 0.0474. The minimum atomic E-state index is -0.527. The number of nitrogens with one attached hydrogen (secondary N) is 1. The SMILES string of the molecule is CC(C)(C)OC(=O)NC1CC[C@@H]2[C@H](C1)C[C@H](N=[N+]=[N-])[C@H]2/C=C/c1ccc(-c2cccc(F)c2)cn1. The highest BCUT2D eigenvalue weighted by molar-refractivity contribution is 5.68. The zero-order valence-electron chi connectivity index (χ0n) is 20.4. The number of pyridine rings is 1. The molecule has 0 spiro atoms. The fourth-order valence-corrected chi connectivity index (χ4v) is 5.44. The second-order valence-corrected chi connectivity index (χ2v) is 10.5. The molecule has 4 rings (SSSR count). The van der Waals surface area contributed by atoms with Crippen molar-refractivity contribution in [1.29, 1.82) is 0 Å². The number of aromatic nitrogens is 1. The van der Waals surface area contributed by atoms with Crippen molar-refractivity contribution in [1.82, 2.24) is 10.3 Å². The smallest absolute Gasteiger partial charge is 0.407 e. The maximum atomic E-state index is 13.5. The van der Waals surface area contributed by atoms with Crippen molar-refractivity contribution in [3.05, 3.63) is 70.6 Å². The van der Waals surface area contributed by atoms with Crippen LogP contribution in [-0.2, 0) is 4.74 Å². The Kier molecular flexibility index (Phi) is 7.41. The number of hydrogen-bond acceptors (Lipinski definition) is 4. The van der Waals surface area contributed by atoms with Crippen LogP contribution in [0.5, 0.6) is 0 Å². The van der Waals surface area contributed by atoms with E-state index in [2.05, 4.69) is 26.4 Å². The molecule has 2 aliphatic carbocycles. The third kappa shape index (κ3) is 6.40. The molecule has 7 nitrogen and oxygen atoms in total. The standard InChI is InChI=1S/C27H32FN5O2/c1-27(2,3)35-26(34)31-22-10-11-23-19(14-22)15-25(32-33-29)24(23)12-9-21-8-7-18(16-30-21)17-5-4-6-20(28)13-17/h4-9,12-13,16,19,22-25H,10-11,14-15H2,1-3H3,(H,31,34)/b12-9+/t19-,22?,23-,24+,25+/m1/s1. The Balaban J connectivity index is 1.42. The number of azide groups is 1. The van der Waals surface area contributed by atoms with E-state index in [-0.39, 0.29) is 29.9 Å². The van der Waals surface area contributed by atoms with Crippen molar-refractivity contribution in [2.45, 2.75) is 64.1 Å². The van der Waals surface area contributed by atoms with Crippen LogP contribution in [0.4, 0.5) is 9.18 Å². The van der Waals surface area contributed by atoms with Crippen molar-refractivity contribution < 1.29 is 13.9 Å². The minimum Gasteiger partial charge on any atom is -0.444 e. The van der Waals surface area contributed by atoms with Gasteiger partial charge < -0.3 is 10.1 Å². The van der Waals surface area contributed by atoms with Gasteiger partial charge in [-0.1, -0.05) is 29.4 Å². The van der Waals surface area contributed by atoms with E-state index in [9.17, 15) is 9.18 Å². The predicted octanol–water partition coefficient (Wildman–Crippen LogP) is 6.91. The van der Waals surface area contributed by atoms with Gasteiger partial charge >= 0.3 is 6.09 Å². The van der Waals surface area contributed by atoms with Crippen LogP contribution in [0.25, 0.3) is 27.6 Å². The summed E-state index contributed by atoms with van der Waals surface area (Å²) < 4.78 is 18.9. The molecule has 0 saturated heterocycles. The van der Waals surface area contributed by atoms with Crippen LogP contribution >= 0.6 is 0 Å². The third-order valence-electron chi connectivity index (χ3n) is 6.88. The molecule has 2 aromatic rings. The first kappa shape index (κ1) is 24.7. The van der Waals surface area contributed by atoms with Crippen molar-refractivity contribution in [3.8, 4) is 11.1 Å². The molecular formula is C27H32FN5O2. The minimum absolute atomic E-state index is 0.0672. The molecular weight excluding hydrogens is 445 g/mol. The van der Waals surface area contributed by atoms with E-state index in [1.165, 1.54) is 12.1 Å². The normalized spacial score (nSPS) is 26.1. The number of hydrogen-bond donors (Lipinski definition) is 1. The van der Waals surface area contributed by atoms with Crippen molar-refractivity contribution in [2.75, 3.05) is 0 Å². The van der Waals surface area contributed by atoms with Gasteiger partial charge in [-0.15, -0.1) is 0 Å². The van der Waals surface area contributed by atoms with E-state index in [0.29, 0.717) is 11.8 Å². The fourth-order valence-electron chi connectivity index (χ4n) is 5.44. The Morgan fingerprint density at radius 3 is 2.74 bits per heavy atom. The predicted molar refractivity (Wildman–Crippen MR) is 134 cm³/mol. The maximum absolute atomic E-state index is 13.5. The Morgan fingerprint density at radius 1 is 1.23 bits per heavy atom. The molecule has 1 heterocycles. The zero-order valence-corrected chi connectivity index (χ0v) is 20.4. The molecule has 5 atom stereocenters. The van der Waals surface area contributed by atoms with Crippen LogP contribution in [0.2, 0.25) is 0 Å². The highest BCUT2D eigenvalue weighted by atomic mass is 19.1. The number of carbonyl (C=O) groups excluding carboxylic acids is 1. The third-order valence-corrected chi connectivity index (χ3v) is 6.88. The lowest BCUT2D eigenvalue weighted by atomic mass is 9.75. The highest BCUT2D eigenvalue weighted by Crippen LogP contribution is 2.48. The molecule has 1 unspecified atom stereocenters. The molecule has 2 saturated carbocycles. The molecule has 0 radical (unpaired) electrons. The molecule has 184 valence electrons. The second-order valence-electron chi connectivity index (χ2n) is 10.5. The average Bonchev–Trinajstić information content (AvgIpc) is 3.13. The second kappa shape index (κ2) is 10.5. The van der Waals surface area contributed by atoms with Crippen LogP contribution < -0.4 is 5.32 Å². The van der Waals surface area contributed by atoms with Crippen LogP contribution in [0.15, 0.2) is 53.8 Å². The van der Waals surface area contributed by atoms with Gasteiger partial charge in [-0.3, -0.25) is 4.98 Å². The number of amides is 1. The summed E-state index contributed by atoms with van der Waals surface area (Å²) in [7, 11) is 0. The van der Waals surface area contributed by atoms with E-state index >= 15 is 0 Å². The summed E-state index contributed by atoms with van der Waals surface area (Å²) in [6, 6.07) is 10.2. The molecule has 1 N–H and O–H groups in total. The van der Waals surface area contributed by atoms with Crippen LogP contribution in [0, 0.1) is 23.6 Å². The Hall–Kier alpha value is -3.38. The number of halogens is 1. The molecule has 35 heavy (non-hydrogen) atoms. The molecule has 1 aromatic heterocycles. The first-order chi connectivity index (χ1) is 16.7. The van der Waals surface area contributed by atoms with Crippen molar-refractivity contribution in [2.24, 2.45) is 22.9 Å². The van der Waals surface area contributed by atoms with E-state index < -0.39 is 5.60 Å². The topological polar surface area (TPSA) is 100.0 Å². The van der Waals surface area contributed by atoms with Crippen LogP contribution in [0.3, 0.4) is 0 Å². The van der Waals surface area contributed by atoms with E-state index in [1.807, 2.05) is 45.0 Å². The maximum Gasteiger partial charge on any atom is 0.407 e. The molecule has 0 bridgehead atoms. The first-order valence-corrected chi connectivity index (χ1v) is 12.2. The van der Waals surface area contributed by atoms with Gasteiger partial charge in [-0.05, 0) is 99.6 Å². The lowest BCUT2D eigenvalue weighted by Gasteiger charge is -2.34. The molecule has 8 heteroatoms. The van der Waals surface area contributed by atoms with Gasteiger partial charge in [-0.25, -0.2) is 9.18 Å². The molecule has 0 aliphatic heterocycles. The molecule has 1 aromatic carbocycles. The van der Waals surface area contributed by atoms with Gasteiger partial charge in [-0.2, -0.15) is 0 Å². The quantitative estimate of drug-likeness (QED) is 0.288. The Labute approximate surface area is 205 Å². The fraction of sp³-hybridized carbons (Fsp3) is 0.481. The summed E-state index contributed by atoms with van der Waals surface area (Å²) in [5, 5.41) is 7.11. The van der Waals surface area contributed by atoms with Gasteiger partial charge in [0.15, 0.2) is 0 Å². The van der Waals surface area contributed by atoms with E-state index in [4.69, 9.17) is 10.3 Å². The van der Waals surface area contributed by atoms with Crippen molar-refractivity contribution in [3.63, 3.8) is 0 Å². The van der Waals surface area contributed by atoms with Gasteiger partial charge in [0.25, 0.3) is 0 Å². The Bertz CT molecular complexity index is 1120. The molecule has 2 aliphatic rings. The van der Waals surface area contributed by atoms with Gasteiger partial charge in [0, 0.05) is 28.8 Å². The largest absolute Gasteiger partial charge is 0.444 e. The summed E-state index contributed by atoms with van der Waals surface area (Å²) in [6.45, 7) is 5.56. The van der Waals surface area contributed by atoms with Gasteiger partial charge in [0.05, 0.1) is 5.69 Å². The zero-order chi connectivity index (χ0) is 25.0. The number of alkyl carbamates (subject to hydrolysis) is 1. The number of carbonyl (C=O) groups is 1. The lowest BCUT2D eigenvalue weighted by Crippen LogP contribution is -2.42. The van der Waals surface area contributed by atoms with Gasteiger partial charge in [0.1, 0.15) is 11.4 Å². The van der Waals surface area contributed by atoms with Crippen LogP contribution in [-0.4, -0.2) is 28.8 Å². The van der Waals surface area contributed by atoms with Crippen molar-refractivity contribution >= 4 is 12.2 Å². The number of rotatable bonds is 5. The Morgan fingerprint density at radius 2 is 2.06 bits per heavy atom. The first-order valence-electron chi connectivity index (χ1n) is 12.2. The summed E-state index contributed by atoms with van der Waals surface area (Å²) in [6.07, 6.45) is 8.94.